The highest BCUT2D eigenvalue weighted by Crippen LogP contribution is 2.26. The van der Waals surface area contributed by atoms with E-state index in [1.165, 1.54) is 4.31 Å². The van der Waals surface area contributed by atoms with Crippen molar-refractivity contribution >= 4 is 33.2 Å². The number of β-amino-alcohol motifs (C(OH)–C–C–N with tert-alkyl or cyclic N) is 1. The van der Waals surface area contributed by atoms with Gasteiger partial charge >= 0.3 is 0 Å². The van der Waals surface area contributed by atoms with Gasteiger partial charge in [-0.05, 0) is 93.3 Å². The Hall–Kier alpha value is -3.29. The number of carbonyl (C=O) groups is 2. The van der Waals surface area contributed by atoms with E-state index in [1.807, 2.05) is 69.9 Å². The Balaban J connectivity index is 1.50. The van der Waals surface area contributed by atoms with Crippen LogP contribution in [0.1, 0.15) is 49.4 Å². The van der Waals surface area contributed by atoms with E-state index in [-0.39, 0.29) is 60.9 Å². The molecular formula is C34H46N4O6S2. The van der Waals surface area contributed by atoms with E-state index in [2.05, 4.69) is 10.6 Å². The number of thiophene rings is 1. The molecule has 0 spiro atoms. The zero-order chi connectivity index (χ0) is 33.6. The third-order valence-electron chi connectivity index (χ3n) is 8.16. The number of aryl methyl sites for hydroxylation is 2. The fourth-order valence-electron chi connectivity index (χ4n) is 5.90. The molecule has 2 aromatic carbocycles. The van der Waals surface area contributed by atoms with Crippen molar-refractivity contribution in [3.8, 4) is 5.75 Å². The molecule has 3 aromatic rings. The van der Waals surface area contributed by atoms with Crippen molar-refractivity contribution in [2.45, 2.75) is 75.9 Å². The van der Waals surface area contributed by atoms with E-state index in [0.717, 1.165) is 33.6 Å². The number of hydrogen-bond donors (Lipinski definition) is 4. The molecule has 2 amide bonds. The summed E-state index contributed by atoms with van der Waals surface area (Å²) in [6, 6.07) is 15.4. The smallest absolute Gasteiger partial charge is 0.252 e. The molecule has 1 saturated heterocycles. The van der Waals surface area contributed by atoms with Gasteiger partial charge in [0, 0.05) is 44.2 Å². The van der Waals surface area contributed by atoms with E-state index in [9.17, 15) is 28.2 Å². The lowest BCUT2D eigenvalue weighted by Gasteiger charge is -2.41. The van der Waals surface area contributed by atoms with Gasteiger partial charge < -0.3 is 20.8 Å². The van der Waals surface area contributed by atoms with Gasteiger partial charge in [-0.1, -0.05) is 36.4 Å². The van der Waals surface area contributed by atoms with Crippen LogP contribution in [-0.2, 0) is 32.6 Å². The van der Waals surface area contributed by atoms with E-state index >= 15 is 0 Å². The van der Waals surface area contributed by atoms with Crippen molar-refractivity contribution in [3.05, 3.63) is 82.2 Å². The highest BCUT2D eigenvalue weighted by Gasteiger charge is 2.40. The average molecular weight is 671 g/mol. The van der Waals surface area contributed by atoms with Crippen LogP contribution in [0.15, 0.2) is 64.2 Å². The lowest BCUT2D eigenvalue weighted by atomic mass is 9.92. The number of carbonyl (C=O) groups excluding carboxylic acids is 2. The van der Waals surface area contributed by atoms with E-state index < -0.39 is 33.6 Å². The second-order valence-electron chi connectivity index (χ2n) is 13.1. The maximum Gasteiger partial charge on any atom is 0.252 e. The van der Waals surface area contributed by atoms with Crippen LogP contribution in [0.25, 0.3) is 0 Å². The minimum atomic E-state index is -3.77. The average Bonchev–Trinajstić information content (AvgIpc) is 3.52. The number of piperazine rings is 1. The predicted molar refractivity (Wildman–Crippen MR) is 180 cm³/mol. The molecule has 1 aromatic heterocycles. The minimum absolute atomic E-state index is 0.0475. The van der Waals surface area contributed by atoms with Crippen molar-refractivity contribution in [2.24, 2.45) is 5.92 Å². The normalized spacial score (nSPS) is 17.7. The molecule has 10 nitrogen and oxygen atoms in total. The third kappa shape index (κ3) is 9.38. The quantitative estimate of drug-likeness (QED) is 0.231. The van der Waals surface area contributed by atoms with Crippen molar-refractivity contribution in [1.29, 1.82) is 0 Å². The monoisotopic (exact) mass is 670 g/mol. The van der Waals surface area contributed by atoms with Crippen molar-refractivity contribution in [1.82, 2.24) is 19.8 Å². The first kappa shape index (κ1) is 35.6. The van der Waals surface area contributed by atoms with Gasteiger partial charge in [0.2, 0.25) is 11.8 Å². The van der Waals surface area contributed by atoms with Gasteiger partial charge in [-0.3, -0.25) is 14.5 Å². The van der Waals surface area contributed by atoms with E-state index in [1.54, 1.807) is 29.6 Å². The highest BCUT2D eigenvalue weighted by atomic mass is 32.2. The number of nitrogens with one attached hydrogen (secondary N) is 2. The molecular weight excluding hydrogens is 625 g/mol. The number of hydrogen-bond acceptors (Lipinski definition) is 8. The fraction of sp³-hybridized carbons (Fsp3) is 0.471. The molecule has 250 valence electrons. The molecule has 3 atom stereocenters. The summed E-state index contributed by atoms with van der Waals surface area (Å²) in [5.41, 5.74) is 3.09. The third-order valence-corrected chi connectivity index (χ3v) is 11.4. The number of nitrogens with zero attached hydrogens (tertiary/aromatic N) is 2. The number of rotatable bonds is 12. The van der Waals surface area contributed by atoms with Crippen LogP contribution in [0.2, 0.25) is 0 Å². The lowest BCUT2D eigenvalue weighted by molar-refractivity contribution is -0.131. The largest absolute Gasteiger partial charge is 0.508 e. The molecule has 1 aliphatic rings. The first-order valence-corrected chi connectivity index (χ1v) is 17.8. The Kier molecular flexibility index (Phi) is 11.7. The molecule has 0 unspecified atom stereocenters. The Morgan fingerprint density at radius 3 is 2.33 bits per heavy atom. The van der Waals surface area contributed by atoms with Crippen LogP contribution in [0.4, 0.5) is 0 Å². The molecule has 0 radical (unpaired) electrons. The summed E-state index contributed by atoms with van der Waals surface area (Å²) >= 11 is 1.14. The number of sulfonamides is 1. The van der Waals surface area contributed by atoms with Gasteiger partial charge in [-0.2, -0.15) is 4.31 Å². The number of phenolic OH excluding ortho intramolecular Hbond substituents is 1. The molecule has 1 fully saturated rings. The summed E-state index contributed by atoms with van der Waals surface area (Å²) in [6.45, 7) is 10.1. The summed E-state index contributed by atoms with van der Waals surface area (Å²) in [7, 11) is -3.77. The number of amides is 2. The summed E-state index contributed by atoms with van der Waals surface area (Å²) in [5, 5.41) is 29.0. The second kappa shape index (κ2) is 15.1. The van der Waals surface area contributed by atoms with Crippen LogP contribution in [-0.4, -0.2) is 83.5 Å². The summed E-state index contributed by atoms with van der Waals surface area (Å²) in [5.74, 6) is -0.903. The topological polar surface area (TPSA) is 139 Å². The number of aromatic hydroxyl groups is 1. The number of aliphatic hydroxyl groups excluding tert-OH is 1. The van der Waals surface area contributed by atoms with Crippen molar-refractivity contribution < 1.29 is 28.2 Å². The Bertz CT molecular complexity index is 1570. The Morgan fingerprint density at radius 1 is 1.04 bits per heavy atom. The molecule has 0 aliphatic carbocycles. The SMILES string of the molecule is Cc1cc(O)cc(C)c1CNC(=O)[C@H](Cc1ccccc1)C[C@H](O)CN1CCN(S(=O)(=O)c2cccs2)C[C@H]1C(=O)NC(C)(C)C. The van der Waals surface area contributed by atoms with Crippen LogP contribution >= 0.6 is 11.3 Å². The van der Waals surface area contributed by atoms with Crippen LogP contribution in [0.3, 0.4) is 0 Å². The van der Waals surface area contributed by atoms with Gasteiger partial charge in [0.25, 0.3) is 10.0 Å². The molecule has 0 saturated carbocycles. The lowest BCUT2D eigenvalue weighted by Crippen LogP contribution is -2.62. The predicted octanol–water partition coefficient (Wildman–Crippen LogP) is 3.59. The van der Waals surface area contributed by atoms with Gasteiger partial charge in [0.15, 0.2) is 0 Å². The summed E-state index contributed by atoms with van der Waals surface area (Å²) in [6.07, 6.45) is -0.393. The highest BCUT2D eigenvalue weighted by molar-refractivity contribution is 7.91. The second-order valence-corrected chi connectivity index (χ2v) is 16.2. The van der Waals surface area contributed by atoms with Crippen molar-refractivity contribution in [2.75, 3.05) is 26.2 Å². The number of aliphatic hydroxyl groups is 1. The minimum Gasteiger partial charge on any atom is -0.508 e. The maximum absolute atomic E-state index is 13.6. The zero-order valence-electron chi connectivity index (χ0n) is 27.2. The van der Waals surface area contributed by atoms with Crippen LogP contribution in [0, 0.1) is 19.8 Å². The van der Waals surface area contributed by atoms with Crippen LogP contribution < -0.4 is 10.6 Å². The molecule has 4 rings (SSSR count). The van der Waals surface area contributed by atoms with Crippen molar-refractivity contribution in [3.63, 3.8) is 0 Å². The molecule has 2 heterocycles. The summed E-state index contributed by atoms with van der Waals surface area (Å²) in [4.78, 5) is 28.9. The Morgan fingerprint density at radius 2 is 1.72 bits per heavy atom. The first-order chi connectivity index (χ1) is 21.6. The number of benzene rings is 2. The number of phenols is 1. The van der Waals surface area contributed by atoms with Gasteiger partial charge in [-0.25, -0.2) is 8.42 Å². The zero-order valence-corrected chi connectivity index (χ0v) is 28.8. The molecule has 1 aliphatic heterocycles. The van der Waals surface area contributed by atoms with E-state index in [0.29, 0.717) is 6.42 Å². The standard InChI is InChI=1S/C34H46N4O6S2/c1-23-16-27(39)17-24(2)29(23)20-35-32(41)26(18-25-10-7-6-8-11-25)19-28(40)21-37-13-14-38(46(43,44)31-12-9-15-45-31)22-30(37)33(42)36-34(3,4)5/h6-12,15-17,26,28,30,39-40H,13-14,18-22H2,1-5H3,(H,35,41)(H,36,42)/t26-,28+,30+/m1/s1. The fourth-order valence-corrected chi connectivity index (χ4v) is 8.48. The molecule has 0 bridgehead atoms. The molecule has 12 heteroatoms. The maximum atomic E-state index is 13.6. The van der Waals surface area contributed by atoms with Gasteiger partial charge in [0.05, 0.1) is 6.10 Å². The van der Waals surface area contributed by atoms with Crippen LogP contribution in [0.5, 0.6) is 5.75 Å². The van der Waals surface area contributed by atoms with E-state index in [4.69, 9.17) is 0 Å². The molecule has 46 heavy (non-hydrogen) atoms. The summed E-state index contributed by atoms with van der Waals surface area (Å²) < 4.78 is 28.2. The van der Waals surface area contributed by atoms with Gasteiger partial charge in [0.1, 0.15) is 16.0 Å². The Labute approximate surface area is 276 Å². The van der Waals surface area contributed by atoms with Gasteiger partial charge in [-0.15, -0.1) is 11.3 Å². The first-order valence-electron chi connectivity index (χ1n) is 15.5. The molecule has 4 N–H and O–H groups in total.